The first kappa shape index (κ1) is 16.0. The average Bonchev–Trinajstić information content (AvgIpc) is 2.47. The lowest BCUT2D eigenvalue weighted by atomic mass is 9.81. The molecular weight excluding hydrogens is 286 g/mol. The predicted molar refractivity (Wildman–Crippen MR) is 81.3 cm³/mol. The lowest BCUT2D eigenvalue weighted by Crippen LogP contribution is -2.42. The Morgan fingerprint density at radius 1 is 1.38 bits per heavy atom. The van der Waals surface area contributed by atoms with Gasteiger partial charge in [0.25, 0.3) is 0 Å². The van der Waals surface area contributed by atoms with Gasteiger partial charge in [-0.3, -0.25) is 0 Å². The maximum Gasteiger partial charge on any atom is 0.240 e. The second-order valence-corrected chi connectivity index (χ2v) is 7.71. The summed E-state index contributed by atoms with van der Waals surface area (Å²) >= 11 is 0. The molecule has 21 heavy (non-hydrogen) atoms. The summed E-state index contributed by atoms with van der Waals surface area (Å²) in [4.78, 5) is 0.194. The van der Waals surface area contributed by atoms with E-state index >= 15 is 0 Å². The molecule has 1 aliphatic heterocycles. The van der Waals surface area contributed by atoms with Gasteiger partial charge in [-0.15, -0.1) is 0 Å². The number of hydrogen-bond donors (Lipinski definition) is 2. The van der Waals surface area contributed by atoms with Gasteiger partial charge >= 0.3 is 0 Å². The molecule has 0 saturated carbocycles. The summed E-state index contributed by atoms with van der Waals surface area (Å²) in [5, 5.41) is 12.2. The van der Waals surface area contributed by atoms with Crippen LogP contribution in [0.25, 0.3) is 0 Å². The minimum Gasteiger partial charge on any atom is -0.317 e. The van der Waals surface area contributed by atoms with Crippen LogP contribution in [0.15, 0.2) is 23.1 Å². The Labute approximate surface area is 126 Å². The minimum absolute atomic E-state index is 0.0148. The first-order valence-electron chi connectivity index (χ1n) is 7.07. The standard InChI is InChI=1S/C15H21N3O2S/c1-12-3-4-13(10-16)9-14(12)21(19,20)18-11-15(2)5-7-17-8-6-15/h3-4,9,17-18H,5-8,11H2,1-2H3. The summed E-state index contributed by atoms with van der Waals surface area (Å²) in [5.41, 5.74) is 0.991. The quantitative estimate of drug-likeness (QED) is 0.884. The number of nitrogens with zero attached hydrogens (tertiary/aromatic N) is 1. The van der Waals surface area contributed by atoms with Gasteiger partial charge in [0.15, 0.2) is 0 Å². The molecule has 0 amide bonds. The number of aryl methyl sites for hydroxylation is 1. The van der Waals surface area contributed by atoms with Crippen molar-refractivity contribution in [3.05, 3.63) is 29.3 Å². The van der Waals surface area contributed by atoms with Crippen LogP contribution in [0.1, 0.15) is 30.9 Å². The summed E-state index contributed by atoms with van der Waals surface area (Å²) in [5.74, 6) is 0. The summed E-state index contributed by atoms with van der Waals surface area (Å²) in [7, 11) is -3.58. The number of rotatable bonds is 4. The van der Waals surface area contributed by atoms with Gasteiger partial charge in [-0.05, 0) is 56.0 Å². The molecule has 1 aliphatic rings. The fraction of sp³-hybridized carbons (Fsp3) is 0.533. The first-order chi connectivity index (χ1) is 9.86. The molecule has 1 aromatic rings. The van der Waals surface area contributed by atoms with Crippen LogP contribution in [0.3, 0.4) is 0 Å². The van der Waals surface area contributed by atoms with Crippen molar-refractivity contribution >= 4 is 10.0 Å². The normalized spacial score (nSPS) is 18.1. The lowest BCUT2D eigenvalue weighted by Gasteiger charge is -2.34. The van der Waals surface area contributed by atoms with Crippen molar-refractivity contribution in [2.75, 3.05) is 19.6 Å². The molecule has 0 aromatic heterocycles. The van der Waals surface area contributed by atoms with Crippen molar-refractivity contribution in [3.63, 3.8) is 0 Å². The molecule has 0 aliphatic carbocycles. The first-order valence-corrected chi connectivity index (χ1v) is 8.56. The zero-order valence-corrected chi connectivity index (χ0v) is 13.3. The molecule has 1 saturated heterocycles. The third kappa shape index (κ3) is 3.82. The van der Waals surface area contributed by atoms with E-state index < -0.39 is 10.0 Å². The third-order valence-electron chi connectivity index (χ3n) is 4.11. The molecule has 1 aromatic carbocycles. The topological polar surface area (TPSA) is 82.0 Å². The van der Waals surface area contributed by atoms with Crippen molar-refractivity contribution in [2.45, 2.75) is 31.6 Å². The highest BCUT2D eigenvalue weighted by Gasteiger charge is 2.29. The number of benzene rings is 1. The van der Waals surface area contributed by atoms with Gasteiger partial charge in [-0.1, -0.05) is 13.0 Å². The van der Waals surface area contributed by atoms with Gasteiger partial charge in [0, 0.05) is 6.54 Å². The van der Waals surface area contributed by atoms with E-state index in [1.807, 2.05) is 6.07 Å². The third-order valence-corrected chi connectivity index (χ3v) is 5.65. The van der Waals surface area contributed by atoms with Crippen molar-refractivity contribution in [2.24, 2.45) is 5.41 Å². The van der Waals surface area contributed by atoms with Gasteiger partial charge in [0.2, 0.25) is 10.0 Å². The molecule has 2 rings (SSSR count). The molecule has 1 heterocycles. The van der Waals surface area contributed by atoms with E-state index in [9.17, 15) is 8.42 Å². The van der Waals surface area contributed by atoms with E-state index in [2.05, 4.69) is 17.0 Å². The van der Waals surface area contributed by atoms with Crippen LogP contribution < -0.4 is 10.0 Å². The molecular formula is C15H21N3O2S. The zero-order valence-electron chi connectivity index (χ0n) is 12.4. The van der Waals surface area contributed by atoms with E-state index in [0.29, 0.717) is 17.7 Å². The molecule has 114 valence electrons. The smallest absolute Gasteiger partial charge is 0.240 e. The van der Waals surface area contributed by atoms with Crippen LogP contribution in [-0.2, 0) is 10.0 Å². The molecule has 6 heteroatoms. The van der Waals surface area contributed by atoms with Crippen LogP contribution in [0.2, 0.25) is 0 Å². The molecule has 2 N–H and O–H groups in total. The second-order valence-electron chi connectivity index (χ2n) is 5.98. The van der Waals surface area contributed by atoms with Crippen molar-refractivity contribution in [3.8, 4) is 6.07 Å². The fourth-order valence-electron chi connectivity index (χ4n) is 2.51. The molecule has 0 spiro atoms. The van der Waals surface area contributed by atoms with Crippen molar-refractivity contribution < 1.29 is 8.42 Å². The molecule has 0 atom stereocenters. The Morgan fingerprint density at radius 3 is 2.67 bits per heavy atom. The van der Waals surface area contributed by atoms with E-state index in [0.717, 1.165) is 25.9 Å². The SMILES string of the molecule is Cc1ccc(C#N)cc1S(=O)(=O)NCC1(C)CCNCC1. The van der Waals surface area contributed by atoms with Crippen molar-refractivity contribution in [1.29, 1.82) is 5.26 Å². The maximum atomic E-state index is 12.5. The monoisotopic (exact) mass is 307 g/mol. The van der Waals surface area contributed by atoms with Gasteiger partial charge < -0.3 is 5.32 Å². The largest absolute Gasteiger partial charge is 0.317 e. The lowest BCUT2D eigenvalue weighted by molar-refractivity contribution is 0.232. The Hall–Kier alpha value is -1.42. The summed E-state index contributed by atoms with van der Waals surface area (Å²) in [6, 6.07) is 6.71. The number of nitriles is 1. The Bertz CT molecular complexity index is 656. The van der Waals surface area contributed by atoms with Gasteiger partial charge in [-0.2, -0.15) is 5.26 Å². The van der Waals surface area contributed by atoms with Gasteiger partial charge in [0.1, 0.15) is 0 Å². The van der Waals surface area contributed by atoms with E-state index in [1.165, 1.54) is 6.07 Å². The highest BCUT2D eigenvalue weighted by molar-refractivity contribution is 7.89. The van der Waals surface area contributed by atoms with Crippen LogP contribution in [-0.4, -0.2) is 28.1 Å². The van der Waals surface area contributed by atoms with Gasteiger partial charge in [-0.25, -0.2) is 13.1 Å². The van der Waals surface area contributed by atoms with Crippen molar-refractivity contribution in [1.82, 2.24) is 10.0 Å². The summed E-state index contributed by atoms with van der Waals surface area (Å²) in [6.07, 6.45) is 1.90. The Kier molecular flexibility index (Phi) is 4.67. The Morgan fingerprint density at radius 2 is 2.05 bits per heavy atom. The van der Waals surface area contributed by atoms with Crippen LogP contribution in [0.4, 0.5) is 0 Å². The molecule has 0 bridgehead atoms. The Balaban J connectivity index is 2.17. The number of sulfonamides is 1. The molecule has 0 unspecified atom stereocenters. The molecule has 5 nitrogen and oxygen atoms in total. The van der Waals surface area contributed by atoms with E-state index in [1.54, 1.807) is 19.1 Å². The average molecular weight is 307 g/mol. The second kappa shape index (κ2) is 6.14. The maximum absolute atomic E-state index is 12.5. The number of nitrogens with one attached hydrogen (secondary N) is 2. The van der Waals surface area contributed by atoms with Crippen LogP contribution >= 0.6 is 0 Å². The van der Waals surface area contributed by atoms with E-state index in [-0.39, 0.29) is 10.3 Å². The summed E-state index contributed by atoms with van der Waals surface area (Å²) < 4.78 is 27.7. The minimum atomic E-state index is -3.58. The van der Waals surface area contributed by atoms with Gasteiger partial charge in [0.05, 0.1) is 16.5 Å². The number of piperidine rings is 1. The predicted octanol–water partition coefficient (Wildman–Crippen LogP) is 1.53. The summed E-state index contributed by atoms with van der Waals surface area (Å²) in [6.45, 7) is 6.10. The highest BCUT2D eigenvalue weighted by atomic mass is 32.2. The fourth-order valence-corrected chi connectivity index (χ4v) is 3.98. The molecule has 1 fully saturated rings. The zero-order chi connectivity index (χ0) is 15.5. The highest BCUT2D eigenvalue weighted by Crippen LogP contribution is 2.27. The van der Waals surface area contributed by atoms with Crippen LogP contribution in [0, 0.1) is 23.7 Å². The van der Waals surface area contributed by atoms with Crippen LogP contribution in [0.5, 0.6) is 0 Å². The number of hydrogen-bond acceptors (Lipinski definition) is 4. The van der Waals surface area contributed by atoms with E-state index in [4.69, 9.17) is 5.26 Å². The molecule has 0 radical (unpaired) electrons.